The Bertz CT molecular complexity index is 663. The van der Waals surface area contributed by atoms with Crippen molar-refractivity contribution in [1.82, 2.24) is 4.57 Å². The van der Waals surface area contributed by atoms with Gasteiger partial charge in [-0.2, -0.15) is 0 Å². The number of nitrogens with zero attached hydrogens (tertiary/aromatic N) is 1. The van der Waals surface area contributed by atoms with E-state index in [1.807, 2.05) is 17.6 Å². The van der Waals surface area contributed by atoms with Gasteiger partial charge in [0.2, 0.25) is 0 Å². The van der Waals surface area contributed by atoms with Gasteiger partial charge in [-0.3, -0.25) is 4.72 Å². The molecule has 20 heavy (non-hydrogen) atoms. The summed E-state index contributed by atoms with van der Waals surface area (Å²) in [7, 11) is -3.57. The van der Waals surface area contributed by atoms with Crippen LogP contribution in [0.25, 0.3) is 0 Å². The van der Waals surface area contributed by atoms with Gasteiger partial charge < -0.3 is 10.3 Å². The van der Waals surface area contributed by atoms with Crippen molar-refractivity contribution >= 4 is 15.7 Å². The van der Waals surface area contributed by atoms with Crippen LogP contribution in [0.1, 0.15) is 19.0 Å². The summed E-state index contributed by atoms with van der Waals surface area (Å²) >= 11 is 0. The standard InChI is InChI=1S/C14H19N3O2S/c1-2-8-17-11-14(9-13(17)10-15)20(18,19)16-12-6-4-3-5-7-12/h3-7,9,11,16H,2,8,10,15H2,1H3. The number of benzene rings is 1. The number of nitrogens with two attached hydrogens (primary N) is 1. The number of anilines is 1. The first-order valence-corrected chi connectivity index (χ1v) is 8.02. The molecule has 5 nitrogen and oxygen atoms in total. The van der Waals surface area contributed by atoms with Gasteiger partial charge in [-0.15, -0.1) is 0 Å². The van der Waals surface area contributed by atoms with Gasteiger partial charge in [0.05, 0.1) is 0 Å². The summed E-state index contributed by atoms with van der Waals surface area (Å²) in [5, 5.41) is 0. The minimum atomic E-state index is -3.57. The quantitative estimate of drug-likeness (QED) is 0.856. The average Bonchev–Trinajstić information content (AvgIpc) is 2.84. The number of rotatable bonds is 6. The van der Waals surface area contributed by atoms with Gasteiger partial charge in [0.1, 0.15) is 4.90 Å². The molecular weight excluding hydrogens is 274 g/mol. The van der Waals surface area contributed by atoms with Crippen molar-refractivity contribution in [2.24, 2.45) is 5.73 Å². The Morgan fingerprint density at radius 2 is 1.95 bits per heavy atom. The van der Waals surface area contributed by atoms with E-state index in [0.717, 1.165) is 18.7 Å². The second kappa shape index (κ2) is 6.11. The monoisotopic (exact) mass is 293 g/mol. The smallest absolute Gasteiger partial charge is 0.263 e. The molecule has 3 N–H and O–H groups in total. The van der Waals surface area contributed by atoms with Crippen molar-refractivity contribution in [3.8, 4) is 0 Å². The average molecular weight is 293 g/mol. The van der Waals surface area contributed by atoms with Crippen LogP contribution in [-0.2, 0) is 23.1 Å². The van der Waals surface area contributed by atoms with Gasteiger partial charge in [-0.25, -0.2) is 8.42 Å². The lowest BCUT2D eigenvalue weighted by atomic mass is 10.3. The van der Waals surface area contributed by atoms with Crippen molar-refractivity contribution in [3.05, 3.63) is 48.3 Å². The lowest BCUT2D eigenvalue weighted by Gasteiger charge is -2.06. The maximum absolute atomic E-state index is 12.3. The van der Waals surface area contributed by atoms with Crippen molar-refractivity contribution < 1.29 is 8.42 Å². The predicted octanol–water partition coefficient (Wildman–Crippen LogP) is 2.16. The minimum absolute atomic E-state index is 0.246. The number of para-hydroxylation sites is 1. The molecule has 0 saturated carbocycles. The van der Waals surface area contributed by atoms with Crippen LogP contribution in [0.15, 0.2) is 47.5 Å². The van der Waals surface area contributed by atoms with Gasteiger partial charge in [0.25, 0.3) is 10.0 Å². The zero-order chi connectivity index (χ0) is 14.6. The Balaban J connectivity index is 2.30. The van der Waals surface area contributed by atoms with E-state index in [0.29, 0.717) is 12.2 Å². The fourth-order valence-electron chi connectivity index (χ4n) is 2.01. The van der Waals surface area contributed by atoms with E-state index in [9.17, 15) is 8.42 Å². The molecule has 0 unspecified atom stereocenters. The first kappa shape index (κ1) is 14.6. The van der Waals surface area contributed by atoms with Crippen LogP contribution in [0.2, 0.25) is 0 Å². The summed E-state index contributed by atoms with van der Waals surface area (Å²) in [4.78, 5) is 0.246. The molecule has 1 aromatic heterocycles. The zero-order valence-corrected chi connectivity index (χ0v) is 12.2. The summed E-state index contributed by atoms with van der Waals surface area (Å²) in [6.07, 6.45) is 2.56. The predicted molar refractivity (Wildman–Crippen MR) is 79.9 cm³/mol. The van der Waals surface area contributed by atoms with E-state index in [-0.39, 0.29) is 4.90 Å². The number of sulfonamides is 1. The summed E-state index contributed by atoms with van der Waals surface area (Å²) in [6, 6.07) is 10.5. The molecule has 0 bridgehead atoms. The van der Waals surface area contributed by atoms with Crippen LogP contribution in [0, 0.1) is 0 Å². The molecule has 0 spiro atoms. The third-order valence-corrected chi connectivity index (χ3v) is 4.32. The highest BCUT2D eigenvalue weighted by atomic mass is 32.2. The topological polar surface area (TPSA) is 77.1 Å². The number of hydrogen-bond donors (Lipinski definition) is 2. The Labute approximate surface area is 119 Å². The molecule has 1 aromatic carbocycles. The van der Waals surface area contributed by atoms with Crippen LogP contribution in [0.3, 0.4) is 0 Å². The highest BCUT2D eigenvalue weighted by molar-refractivity contribution is 7.92. The number of aryl methyl sites for hydroxylation is 1. The molecule has 0 fully saturated rings. The molecule has 0 saturated heterocycles. The highest BCUT2D eigenvalue weighted by Gasteiger charge is 2.17. The molecule has 0 atom stereocenters. The Morgan fingerprint density at radius 3 is 2.55 bits per heavy atom. The molecule has 0 aliphatic rings. The molecule has 0 aliphatic carbocycles. The second-order valence-corrected chi connectivity index (χ2v) is 6.22. The summed E-state index contributed by atoms with van der Waals surface area (Å²) in [6.45, 7) is 3.12. The van der Waals surface area contributed by atoms with E-state index < -0.39 is 10.0 Å². The molecule has 0 aliphatic heterocycles. The molecule has 1 heterocycles. The van der Waals surface area contributed by atoms with E-state index >= 15 is 0 Å². The summed E-state index contributed by atoms with van der Waals surface area (Å²) < 4.78 is 29.1. The Kier molecular flexibility index (Phi) is 4.46. The fraction of sp³-hybridized carbons (Fsp3) is 0.286. The van der Waals surface area contributed by atoms with Gasteiger partial charge >= 0.3 is 0 Å². The first-order valence-electron chi connectivity index (χ1n) is 6.54. The van der Waals surface area contributed by atoms with Crippen LogP contribution < -0.4 is 10.5 Å². The second-order valence-electron chi connectivity index (χ2n) is 4.54. The van der Waals surface area contributed by atoms with Crippen LogP contribution in [0.5, 0.6) is 0 Å². The molecule has 0 amide bonds. The number of hydrogen-bond acceptors (Lipinski definition) is 3. The number of aromatic nitrogens is 1. The first-order chi connectivity index (χ1) is 9.56. The van der Waals surface area contributed by atoms with E-state index in [4.69, 9.17) is 5.73 Å². The van der Waals surface area contributed by atoms with Crippen molar-refractivity contribution in [1.29, 1.82) is 0 Å². The fourth-order valence-corrected chi connectivity index (χ4v) is 3.13. The number of nitrogens with one attached hydrogen (secondary N) is 1. The third kappa shape index (κ3) is 3.20. The van der Waals surface area contributed by atoms with Gasteiger partial charge in [0, 0.05) is 30.7 Å². The van der Waals surface area contributed by atoms with Crippen LogP contribution >= 0.6 is 0 Å². The van der Waals surface area contributed by atoms with Crippen molar-refractivity contribution in [2.45, 2.75) is 31.3 Å². The maximum atomic E-state index is 12.3. The summed E-state index contributed by atoms with van der Waals surface area (Å²) in [5.74, 6) is 0. The van der Waals surface area contributed by atoms with E-state index in [1.54, 1.807) is 36.5 Å². The maximum Gasteiger partial charge on any atom is 0.263 e. The van der Waals surface area contributed by atoms with Crippen LogP contribution in [-0.4, -0.2) is 13.0 Å². The normalized spacial score (nSPS) is 11.5. The van der Waals surface area contributed by atoms with Gasteiger partial charge in [0.15, 0.2) is 0 Å². The molecule has 2 aromatic rings. The van der Waals surface area contributed by atoms with Crippen molar-refractivity contribution in [2.75, 3.05) is 4.72 Å². The molecule has 108 valence electrons. The lowest BCUT2D eigenvalue weighted by Crippen LogP contribution is -2.12. The lowest BCUT2D eigenvalue weighted by molar-refractivity contribution is 0.600. The molecule has 2 rings (SSSR count). The van der Waals surface area contributed by atoms with Gasteiger partial charge in [-0.1, -0.05) is 25.1 Å². The summed E-state index contributed by atoms with van der Waals surface area (Å²) in [5.41, 5.74) is 7.02. The minimum Gasteiger partial charge on any atom is -0.349 e. The Hall–Kier alpha value is -1.79. The Morgan fingerprint density at radius 1 is 1.25 bits per heavy atom. The molecule has 0 radical (unpaired) electrons. The largest absolute Gasteiger partial charge is 0.349 e. The third-order valence-electron chi connectivity index (χ3n) is 2.97. The SMILES string of the molecule is CCCn1cc(S(=O)(=O)Nc2ccccc2)cc1CN. The van der Waals surface area contributed by atoms with Crippen molar-refractivity contribution in [3.63, 3.8) is 0 Å². The van der Waals surface area contributed by atoms with Crippen LogP contribution in [0.4, 0.5) is 5.69 Å². The zero-order valence-electron chi connectivity index (χ0n) is 11.4. The molecule has 6 heteroatoms. The van der Waals surface area contributed by atoms with Gasteiger partial charge in [-0.05, 0) is 24.6 Å². The highest BCUT2D eigenvalue weighted by Crippen LogP contribution is 2.18. The molecular formula is C14H19N3O2S. The van der Waals surface area contributed by atoms with E-state index in [1.165, 1.54) is 0 Å². The van der Waals surface area contributed by atoms with E-state index in [2.05, 4.69) is 4.72 Å².